The van der Waals surface area contributed by atoms with Gasteiger partial charge in [-0.2, -0.15) is 0 Å². The average molecular weight is 280 g/mol. The zero-order valence-electron chi connectivity index (χ0n) is 11.5. The number of hydrogen-bond donors (Lipinski definition) is 3. The molecule has 1 aromatic rings. The molecule has 2 rings (SSSR count). The number of aliphatic hydroxyl groups is 1. The van der Waals surface area contributed by atoms with Crippen LogP contribution >= 0.6 is 0 Å². The van der Waals surface area contributed by atoms with Gasteiger partial charge in [0.2, 0.25) is 0 Å². The third-order valence-corrected chi connectivity index (χ3v) is 3.87. The molecule has 0 saturated carbocycles. The molecule has 0 amide bonds. The summed E-state index contributed by atoms with van der Waals surface area (Å²) in [6, 6.07) is 4.77. The summed E-state index contributed by atoms with van der Waals surface area (Å²) in [6.45, 7) is 3.37. The van der Waals surface area contributed by atoms with E-state index < -0.39 is 4.92 Å². The molecule has 4 N–H and O–H groups in total. The largest absolute Gasteiger partial charge is 0.393 e. The highest BCUT2D eigenvalue weighted by Gasteiger charge is 2.24. The number of anilines is 2. The number of hydrogen-bond acceptors (Lipinski definition) is 6. The molecule has 7 nitrogen and oxygen atoms in total. The lowest BCUT2D eigenvalue weighted by atomic mass is 9.92. The van der Waals surface area contributed by atoms with Gasteiger partial charge in [0, 0.05) is 30.9 Å². The molecular formula is C13H20N4O3. The first-order chi connectivity index (χ1) is 9.51. The molecule has 1 atom stereocenters. The van der Waals surface area contributed by atoms with E-state index in [2.05, 4.69) is 10.3 Å². The molecule has 1 heterocycles. The van der Waals surface area contributed by atoms with Crippen LogP contribution in [0.3, 0.4) is 0 Å². The summed E-state index contributed by atoms with van der Waals surface area (Å²) in [4.78, 5) is 12.6. The molecule has 1 unspecified atom stereocenters. The van der Waals surface area contributed by atoms with Gasteiger partial charge in [0.1, 0.15) is 0 Å². The number of nitrogens with zero attached hydrogens (tertiary/aromatic N) is 2. The third-order valence-electron chi connectivity index (χ3n) is 3.87. The van der Waals surface area contributed by atoms with Gasteiger partial charge in [-0.3, -0.25) is 16.0 Å². The van der Waals surface area contributed by atoms with Gasteiger partial charge < -0.3 is 15.4 Å². The van der Waals surface area contributed by atoms with Gasteiger partial charge in [0.05, 0.1) is 16.7 Å². The Kier molecular flexibility index (Phi) is 4.41. The van der Waals surface area contributed by atoms with Crippen molar-refractivity contribution in [3.05, 3.63) is 28.3 Å². The molecule has 110 valence electrons. The fourth-order valence-corrected chi connectivity index (χ4v) is 2.61. The van der Waals surface area contributed by atoms with Crippen molar-refractivity contribution in [3.63, 3.8) is 0 Å². The molecule has 0 spiro atoms. The number of nitrogens with one attached hydrogen (secondary N) is 1. The van der Waals surface area contributed by atoms with Crippen LogP contribution in [0.5, 0.6) is 0 Å². The summed E-state index contributed by atoms with van der Waals surface area (Å²) in [7, 11) is 0. The highest BCUT2D eigenvalue weighted by atomic mass is 16.6. The summed E-state index contributed by atoms with van der Waals surface area (Å²) >= 11 is 0. The number of non-ortho nitro benzene ring substituents is 1. The van der Waals surface area contributed by atoms with E-state index in [1.165, 1.54) is 6.07 Å². The Morgan fingerprint density at radius 1 is 1.45 bits per heavy atom. The number of hydrazine groups is 1. The van der Waals surface area contributed by atoms with E-state index in [4.69, 9.17) is 5.84 Å². The molecular weight excluding hydrogens is 260 g/mol. The maximum Gasteiger partial charge on any atom is 0.273 e. The molecule has 1 saturated heterocycles. The molecule has 0 aliphatic carbocycles. The van der Waals surface area contributed by atoms with E-state index in [0.29, 0.717) is 11.6 Å². The van der Waals surface area contributed by atoms with Crippen LogP contribution in [0.2, 0.25) is 0 Å². The number of aliphatic hydroxyl groups excluding tert-OH is 1. The van der Waals surface area contributed by atoms with Crippen LogP contribution in [0.1, 0.15) is 19.8 Å². The second kappa shape index (κ2) is 6.06. The second-order valence-corrected chi connectivity index (χ2v) is 5.20. The first-order valence-electron chi connectivity index (χ1n) is 6.70. The molecule has 1 aliphatic rings. The summed E-state index contributed by atoms with van der Waals surface area (Å²) in [5, 5.41) is 20.5. The Hall–Kier alpha value is -1.86. The number of rotatable bonds is 4. The molecule has 7 heteroatoms. The number of nitro groups is 1. The van der Waals surface area contributed by atoms with Crippen molar-refractivity contribution in [1.82, 2.24) is 0 Å². The van der Waals surface area contributed by atoms with Gasteiger partial charge in [0.25, 0.3) is 5.69 Å². The smallest absolute Gasteiger partial charge is 0.273 e. The quantitative estimate of drug-likeness (QED) is 0.438. The van der Waals surface area contributed by atoms with E-state index in [0.717, 1.165) is 31.6 Å². The first kappa shape index (κ1) is 14.5. The fourth-order valence-electron chi connectivity index (χ4n) is 2.61. The van der Waals surface area contributed by atoms with Crippen molar-refractivity contribution in [1.29, 1.82) is 0 Å². The van der Waals surface area contributed by atoms with Gasteiger partial charge in [-0.05, 0) is 31.7 Å². The minimum absolute atomic E-state index is 0.0214. The molecule has 1 fully saturated rings. The average Bonchev–Trinajstić information content (AvgIpc) is 2.46. The van der Waals surface area contributed by atoms with Crippen molar-refractivity contribution < 1.29 is 10.0 Å². The Morgan fingerprint density at radius 2 is 2.10 bits per heavy atom. The monoisotopic (exact) mass is 280 g/mol. The molecule has 0 aromatic heterocycles. The van der Waals surface area contributed by atoms with Crippen molar-refractivity contribution in [2.24, 2.45) is 11.8 Å². The Morgan fingerprint density at radius 3 is 2.60 bits per heavy atom. The van der Waals surface area contributed by atoms with E-state index >= 15 is 0 Å². The summed E-state index contributed by atoms with van der Waals surface area (Å²) in [5.74, 6) is 5.66. The minimum Gasteiger partial charge on any atom is -0.393 e. The van der Waals surface area contributed by atoms with Crippen LogP contribution in [0.4, 0.5) is 17.1 Å². The summed E-state index contributed by atoms with van der Waals surface area (Å²) in [5.41, 5.74) is 3.79. The van der Waals surface area contributed by atoms with Crippen molar-refractivity contribution in [3.8, 4) is 0 Å². The number of benzene rings is 1. The van der Waals surface area contributed by atoms with E-state index in [9.17, 15) is 15.2 Å². The third kappa shape index (κ3) is 3.17. The van der Waals surface area contributed by atoms with Crippen molar-refractivity contribution in [2.75, 3.05) is 23.4 Å². The van der Waals surface area contributed by atoms with E-state index in [1.807, 2.05) is 6.92 Å². The normalized spacial score (nSPS) is 17.9. The summed E-state index contributed by atoms with van der Waals surface area (Å²) in [6.07, 6.45) is 1.46. The molecule has 0 radical (unpaired) electrons. The van der Waals surface area contributed by atoms with Gasteiger partial charge in [-0.15, -0.1) is 0 Å². The number of nitro benzene ring substituents is 1. The number of nitrogens with two attached hydrogens (primary N) is 1. The van der Waals surface area contributed by atoms with E-state index in [1.54, 1.807) is 12.1 Å². The molecule has 20 heavy (non-hydrogen) atoms. The summed E-state index contributed by atoms with van der Waals surface area (Å²) < 4.78 is 0. The topological polar surface area (TPSA) is 105 Å². The van der Waals surface area contributed by atoms with Crippen molar-refractivity contribution >= 4 is 17.1 Å². The van der Waals surface area contributed by atoms with Gasteiger partial charge in [-0.1, -0.05) is 0 Å². The number of nitrogen functional groups attached to an aromatic ring is 1. The molecule has 1 aromatic carbocycles. The zero-order chi connectivity index (χ0) is 14.7. The van der Waals surface area contributed by atoms with Crippen molar-refractivity contribution in [2.45, 2.75) is 25.9 Å². The predicted octanol–water partition coefficient (Wildman–Crippen LogP) is 1.48. The van der Waals surface area contributed by atoms with Crippen LogP contribution in [-0.4, -0.2) is 29.2 Å². The lowest BCUT2D eigenvalue weighted by molar-refractivity contribution is -0.384. The second-order valence-electron chi connectivity index (χ2n) is 5.20. The van der Waals surface area contributed by atoms with Gasteiger partial charge >= 0.3 is 0 Å². The lowest BCUT2D eigenvalue weighted by Gasteiger charge is -2.34. The Balaban J connectivity index is 2.17. The van der Waals surface area contributed by atoms with E-state index in [-0.39, 0.29) is 11.8 Å². The van der Waals surface area contributed by atoms with Crippen LogP contribution in [0.15, 0.2) is 18.2 Å². The van der Waals surface area contributed by atoms with Gasteiger partial charge in [-0.25, -0.2) is 0 Å². The zero-order valence-corrected chi connectivity index (χ0v) is 11.5. The highest BCUT2D eigenvalue weighted by Crippen LogP contribution is 2.30. The molecule has 1 aliphatic heterocycles. The van der Waals surface area contributed by atoms with Crippen LogP contribution in [-0.2, 0) is 0 Å². The highest BCUT2D eigenvalue weighted by molar-refractivity contribution is 5.64. The maximum absolute atomic E-state index is 10.9. The Labute approximate surface area is 117 Å². The standard InChI is InChI=1S/C13H20N4O3/c1-9(18)10-2-4-16(5-3-10)12-6-11(15-14)7-13(8-12)17(19)20/h6-10,15,18H,2-5,14H2,1H3. The Bertz CT molecular complexity index is 485. The van der Waals surface area contributed by atoms with Gasteiger partial charge in [0.15, 0.2) is 0 Å². The fraction of sp³-hybridized carbons (Fsp3) is 0.538. The van der Waals surface area contributed by atoms with Crippen LogP contribution in [0, 0.1) is 16.0 Å². The van der Waals surface area contributed by atoms with Crippen LogP contribution < -0.4 is 16.2 Å². The van der Waals surface area contributed by atoms with Crippen LogP contribution in [0.25, 0.3) is 0 Å². The minimum atomic E-state index is -0.424. The number of piperidine rings is 1. The predicted molar refractivity (Wildman–Crippen MR) is 77.5 cm³/mol. The maximum atomic E-state index is 10.9. The first-order valence-corrected chi connectivity index (χ1v) is 6.70. The molecule has 0 bridgehead atoms. The lowest BCUT2D eigenvalue weighted by Crippen LogP contribution is -2.37. The SMILES string of the molecule is CC(O)C1CCN(c2cc(NN)cc([N+](=O)[O-])c2)CC1.